The Bertz CT molecular complexity index is 335. The average Bonchev–Trinajstić information content (AvgIpc) is 2.91. The van der Waals surface area contributed by atoms with Crippen LogP contribution in [0.15, 0.2) is 12.4 Å². The van der Waals surface area contributed by atoms with Crippen LogP contribution in [-0.2, 0) is 11.3 Å². The highest BCUT2D eigenvalue weighted by Crippen LogP contribution is 2.10. The van der Waals surface area contributed by atoms with Crippen molar-refractivity contribution in [2.24, 2.45) is 0 Å². The molecule has 1 aromatic heterocycles. The number of aromatic nitrogens is 2. The molecule has 0 amide bonds. The lowest BCUT2D eigenvalue weighted by atomic mass is 10.2. The summed E-state index contributed by atoms with van der Waals surface area (Å²) in [6.07, 6.45) is 7.56. The van der Waals surface area contributed by atoms with Crippen LogP contribution in [0, 0.1) is 0 Å². The number of hydrogen-bond acceptors (Lipinski definition) is 5. The van der Waals surface area contributed by atoms with Crippen LogP contribution in [0.5, 0.6) is 0 Å². The van der Waals surface area contributed by atoms with Gasteiger partial charge in [0.1, 0.15) is 0 Å². The Morgan fingerprint density at radius 2 is 2.22 bits per heavy atom. The van der Waals surface area contributed by atoms with Gasteiger partial charge in [0, 0.05) is 44.2 Å². The Labute approximate surface area is 108 Å². The van der Waals surface area contributed by atoms with Gasteiger partial charge in [-0.15, -0.1) is 0 Å². The van der Waals surface area contributed by atoms with E-state index in [2.05, 4.69) is 27.5 Å². The third-order valence-electron chi connectivity index (χ3n) is 2.96. The summed E-state index contributed by atoms with van der Waals surface area (Å²) in [5.41, 5.74) is 1.11. The standard InChI is InChI=1S/C13H22N4O/c1-2-5-15-13-16-8-11(9-17-13)7-14-10-12-4-3-6-18-12/h8-9,12,14H,2-7,10H2,1H3,(H,15,16,17)/t12-/m0/s1. The molecule has 0 unspecified atom stereocenters. The van der Waals surface area contributed by atoms with Crippen LogP contribution in [-0.4, -0.2) is 35.8 Å². The van der Waals surface area contributed by atoms with Crippen molar-refractivity contribution in [1.29, 1.82) is 0 Å². The van der Waals surface area contributed by atoms with Gasteiger partial charge in [-0.25, -0.2) is 9.97 Å². The van der Waals surface area contributed by atoms with Crippen molar-refractivity contribution in [3.05, 3.63) is 18.0 Å². The van der Waals surface area contributed by atoms with Crippen molar-refractivity contribution in [2.45, 2.75) is 38.8 Å². The molecule has 1 aromatic rings. The van der Waals surface area contributed by atoms with E-state index in [4.69, 9.17) is 4.74 Å². The first kappa shape index (κ1) is 13.2. The summed E-state index contributed by atoms with van der Waals surface area (Å²) >= 11 is 0. The molecule has 1 aliphatic heterocycles. The molecule has 2 heterocycles. The molecule has 0 aliphatic carbocycles. The van der Waals surface area contributed by atoms with Gasteiger partial charge < -0.3 is 15.4 Å². The largest absolute Gasteiger partial charge is 0.377 e. The van der Waals surface area contributed by atoms with Crippen molar-refractivity contribution in [3.63, 3.8) is 0 Å². The highest BCUT2D eigenvalue weighted by Gasteiger charge is 2.14. The average molecular weight is 250 g/mol. The normalized spacial score (nSPS) is 19.1. The van der Waals surface area contributed by atoms with Gasteiger partial charge in [-0.05, 0) is 19.3 Å². The number of ether oxygens (including phenoxy) is 1. The maximum absolute atomic E-state index is 5.55. The zero-order valence-electron chi connectivity index (χ0n) is 11.0. The molecule has 0 saturated carbocycles. The molecule has 0 aromatic carbocycles. The van der Waals surface area contributed by atoms with Crippen molar-refractivity contribution in [2.75, 3.05) is 25.0 Å². The van der Waals surface area contributed by atoms with Crippen molar-refractivity contribution in [3.8, 4) is 0 Å². The zero-order valence-corrected chi connectivity index (χ0v) is 11.0. The summed E-state index contributed by atoms with van der Waals surface area (Å²) in [5.74, 6) is 0.708. The van der Waals surface area contributed by atoms with Crippen molar-refractivity contribution < 1.29 is 4.74 Å². The van der Waals surface area contributed by atoms with E-state index in [9.17, 15) is 0 Å². The minimum Gasteiger partial charge on any atom is -0.377 e. The van der Waals surface area contributed by atoms with Gasteiger partial charge >= 0.3 is 0 Å². The summed E-state index contributed by atoms with van der Waals surface area (Å²) in [6.45, 7) is 5.66. The lowest BCUT2D eigenvalue weighted by Crippen LogP contribution is -2.25. The second kappa shape index (κ2) is 7.28. The lowest BCUT2D eigenvalue weighted by molar-refractivity contribution is 0.110. The van der Waals surface area contributed by atoms with Gasteiger partial charge in [-0.1, -0.05) is 6.92 Å². The lowest BCUT2D eigenvalue weighted by Gasteiger charge is -2.10. The fourth-order valence-corrected chi connectivity index (χ4v) is 1.96. The predicted molar refractivity (Wildman–Crippen MR) is 71.5 cm³/mol. The third kappa shape index (κ3) is 4.23. The highest BCUT2D eigenvalue weighted by atomic mass is 16.5. The first-order valence-corrected chi connectivity index (χ1v) is 6.75. The number of rotatable bonds is 7. The SMILES string of the molecule is CCCNc1ncc(CNC[C@@H]2CCCO2)cn1. The molecular weight excluding hydrogens is 228 g/mol. The van der Waals surface area contributed by atoms with Crippen LogP contribution >= 0.6 is 0 Å². The van der Waals surface area contributed by atoms with E-state index < -0.39 is 0 Å². The molecule has 18 heavy (non-hydrogen) atoms. The maximum atomic E-state index is 5.55. The molecule has 0 radical (unpaired) electrons. The van der Waals surface area contributed by atoms with E-state index in [0.717, 1.165) is 38.2 Å². The minimum absolute atomic E-state index is 0.386. The number of hydrogen-bond donors (Lipinski definition) is 2. The Kier molecular flexibility index (Phi) is 5.36. The molecule has 0 bridgehead atoms. The predicted octanol–water partition coefficient (Wildman–Crippen LogP) is 1.57. The Balaban J connectivity index is 1.68. The molecule has 2 rings (SSSR count). The molecule has 2 N–H and O–H groups in total. The second-order valence-electron chi connectivity index (χ2n) is 4.61. The van der Waals surface area contributed by atoms with Gasteiger partial charge in [0.25, 0.3) is 0 Å². The summed E-state index contributed by atoms with van der Waals surface area (Å²) in [6, 6.07) is 0. The van der Waals surface area contributed by atoms with Crippen LogP contribution in [0.25, 0.3) is 0 Å². The minimum atomic E-state index is 0.386. The fourth-order valence-electron chi connectivity index (χ4n) is 1.96. The topological polar surface area (TPSA) is 59.1 Å². The smallest absolute Gasteiger partial charge is 0.222 e. The van der Waals surface area contributed by atoms with E-state index in [1.54, 1.807) is 0 Å². The third-order valence-corrected chi connectivity index (χ3v) is 2.96. The van der Waals surface area contributed by atoms with Gasteiger partial charge in [-0.2, -0.15) is 0 Å². The Morgan fingerprint density at radius 1 is 1.39 bits per heavy atom. The van der Waals surface area contributed by atoms with E-state index in [1.165, 1.54) is 12.8 Å². The molecule has 1 fully saturated rings. The maximum Gasteiger partial charge on any atom is 0.222 e. The van der Waals surface area contributed by atoms with Crippen LogP contribution < -0.4 is 10.6 Å². The molecule has 0 spiro atoms. The Hall–Kier alpha value is -1.20. The van der Waals surface area contributed by atoms with E-state index >= 15 is 0 Å². The summed E-state index contributed by atoms with van der Waals surface area (Å²) < 4.78 is 5.55. The molecule has 5 heteroatoms. The number of nitrogens with zero attached hydrogens (tertiary/aromatic N) is 2. The molecule has 1 aliphatic rings. The van der Waals surface area contributed by atoms with Crippen LogP contribution in [0.3, 0.4) is 0 Å². The highest BCUT2D eigenvalue weighted by molar-refractivity contribution is 5.24. The number of nitrogens with one attached hydrogen (secondary N) is 2. The van der Waals surface area contributed by atoms with E-state index in [-0.39, 0.29) is 0 Å². The van der Waals surface area contributed by atoms with Gasteiger partial charge in [0.05, 0.1) is 6.10 Å². The molecule has 1 saturated heterocycles. The number of anilines is 1. The Morgan fingerprint density at radius 3 is 2.89 bits per heavy atom. The molecule has 100 valence electrons. The summed E-state index contributed by atoms with van der Waals surface area (Å²) in [4.78, 5) is 8.55. The van der Waals surface area contributed by atoms with Gasteiger partial charge in [0.2, 0.25) is 5.95 Å². The summed E-state index contributed by atoms with van der Waals surface area (Å²) in [7, 11) is 0. The van der Waals surface area contributed by atoms with Gasteiger partial charge in [0.15, 0.2) is 0 Å². The zero-order chi connectivity index (χ0) is 12.6. The molecular formula is C13H22N4O. The van der Waals surface area contributed by atoms with E-state index in [1.807, 2.05) is 12.4 Å². The van der Waals surface area contributed by atoms with Crippen LogP contribution in [0.1, 0.15) is 31.7 Å². The van der Waals surface area contributed by atoms with Crippen molar-refractivity contribution in [1.82, 2.24) is 15.3 Å². The quantitative estimate of drug-likeness (QED) is 0.769. The molecule has 1 atom stereocenters. The van der Waals surface area contributed by atoms with Crippen molar-refractivity contribution >= 4 is 5.95 Å². The van der Waals surface area contributed by atoms with Crippen LogP contribution in [0.4, 0.5) is 5.95 Å². The second-order valence-corrected chi connectivity index (χ2v) is 4.61. The summed E-state index contributed by atoms with van der Waals surface area (Å²) in [5, 5.41) is 6.54. The van der Waals surface area contributed by atoms with Crippen LogP contribution in [0.2, 0.25) is 0 Å². The fraction of sp³-hybridized carbons (Fsp3) is 0.692. The first-order chi connectivity index (χ1) is 8.88. The van der Waals surface area contributed by atoms with Gasteiger partial charge in [-0.3, -0.25) is 0 Å². The molecule has 5 nitrogen and oxygen atoms in total. The monoisotopic (exact) mass is 250 g/mol. The first-order valence-electron chi connectivity index (χ1n) is 6.75. The van der Waals surface area contributed by atoms with E-state index in [0.29, 0.717) is 12.1 Å².